The number of benzene rings is 1. The second-order valence-electron chi connectivity index (χ2n) is 4.44. The number of hydrogen-bond donors (Lipinski definition) is 1. The molecule has 5 heteroatoms. The average molecular weight is 313 g/mol. The van der Waals surface area contributed by atoms with Crippen molar-refractivity contribution in [3.05, 3.63) is 59.7 Å². The fourth-order valence-electron chi connectivity index (χ4n) is 1.92. The van der Waals surface area contributed by atoms with Crippen LogP contribution in [0.2, 0.25) is 0 Å². The highest BCUT2D eigenvalue weighted by molar-refractivity contribution is 7.98. The maximum Gasteiger partial charge on any atom is 0.142 e. The van der Waals surface area contributed by atoms with Gasteiger partial charge < -0.3 is 5.32 Å². The van der Waals surface area contributed by atoms with Gasteiger partial charge in [0, 0.05) is 22.2 Å². The Morgan fingerprint density at radius 2 is 2.14 bits per heavy atom. The number of anilines is 1. The van der Waals surface area contributed by atoms with Gasteiger partial charge in [-0.3, -0.25) is 4.98 Å². The molecule has 3 aromatic rings. The molecule has 0 aliphatic heterocycles. The summed E-state index contributed by atoms with van der Waals surface area (Å²) in [6, 6.07) is 14.3. The number of pyridine rings is 1. The fraction of sp³-hybridized carbons (Fsp3) is 0.125. The van der Waals surface area contributed by atoms with Crippen LogP contribution in [-0.4, -0.2) is 16.2 Å². The molecule has 1 N–H and O–H groups in total. The Labute approximate surface area is 132 Å². The highest BCUT2D eigenvalue weighted by Gasteiger charge is 2.05. The topological polar surface area (TPSA) is 37.8 Å². The van der Waals surface area contributed by atoms with E-state index in [2.05, 4.69) is 51.2 Å². The molecule has 3 rings (SSSR count). The first-order chi connectivity index (χ1) is 10.3. The monoisotopic (exact) mass is 313 g/mol. The average Bonchev–Trinajstić information content (AvgIpc) is 3.03. The molecule has 0 unspecified atom stereocenters. The Bertz CT molecular complexity index is 710. The van der Waals surface area contributed by atoms with Gasteiger partial charge in [0.25, 0.3) is 0 Å². The van der Waals surface area contributed by atoms with E-state index in [1.807, 2.05) is 18.2 Å². The zero-order chi connectivity index (χ0) is 14.5. The van der Waals surface area contributed by atoms with Crippen molar-refractivity contribution >= 4 is 28.8 Å². The van der Waals surface area contributed by atoms with E-state index in [0.717, 1.165) is 28.6 Å². The number of thioether (sulfide) groups is 1. The van der Waals surface area contributed by atoms with E-state index in [0.29, 0.717) is 0 Å². The predicted octanol–water partition coefficient (Wildman–Crippen LogP) is 4.54. The number of hydrogen-bond acceptors (Lipinski definition) is 5. The summed E-state index contributed by atoms with van der Waals surface area (Å²) in [5, 5.41) is 6.45. The molecule has 0 fully saturated rings. The minimum atomic E-state index is 0.723. The zero-order valence-corrected chi connectivity index (χ0v) is 13.2. The molecular weight excluding hydrogens is 298 g/mol. The molecule has 106 valence electrons. The van der Waals surface area contributed by atoms with Gasteiger partial charge in [0.05, 0.1) is 17.9 Å². The van der Waals surface area contributed by atoms with Gasteiger partial charge in [0.15, 0.2) is 0 Å². The van der Waals surface area contributed by atoms with Crippen molar-refractivity contribution in [3.63, 3.8) is 0 Å². The lowest BCUT2D eigenvalue weighted by atomic mass is 10.3. The molecule has 0 radical (unpaired) electrons. The molecule has 1 aromatic carbocycles. The normalized spacial score (nSPS) is 10.5. The van der Waals surface area contributed by atoms with Gasteiger partial charge in [-0.05, 0) is 36.6 Å². The predicted molar refractivity (Wildman–Crippen MR) is 90.9 cm³/mol. The third-order valence-electron chi connectivity index (χ3n) is 2.98. The van der Waals surface area contributed by atoms with Gasteiger partial charge in [0.2, 0.25) is 0 Å². The number of rotatable bonds is 5. The minimum absolute atomic E-state index is 0.723. The van der Waals surface area contributed by atoms with Crippen LogP contribution in [0.3, 0.4) is 0 Å². The molecule has 2 aromatic heterocycles. The molecule has 0 bridgehead atoms. The van der Waals surface area contributed by atoms with Crippen molar-refractivity contribution in [2.45, 2.75) is 11.4 Å². The maximum atomic E-state index is 4.63. The maximum absolute atomic E-state index is 4.63. The molecule has 21 heavy (non-hydrogen) atoms. The van der Waals surface area contributed by atoms with Crippen LogP contribution in [-0.2, 0) is 6.54 Å². The standard InChI is InChI=1S/C16H15N3S2/c1-20-14-6-4-5-12(9-14)18-10-13-11-21-16(19-13)15-7-2-3-8-17-15/h2-9,11,18H,10H2,1H3. The van der Waals surface area contributed by atoms with Crippen LogP contribution in [0.1, 0.15) is 5.69 Å². The van der Waals surface area contributed by atoms with E-state index >= 15 is 0 Å². The van der Waals surface area contributed by atoms with Crippen LogP contribution in [0.15, 0.2) is 58.9 Å². The van der Waals surface area contributed by atoms with Crippen molar-refractivity contribution in [2.75, 3.05) is 11.6 Å². The summed E-state index contributed by atoms with van der Waals surface area (Å²) in [5.41, 5.74) is 3.09. The summed E-state index contributed by atoms with van der Waals surface area (Å²) >= 11 is 3.37. The van der Waals surface area contributed by atoms with E-state index in [-0.39, 0.29) is 0 Å². The van der Waals surface area contributed by atoms with Crippen LogP contribution in [0.5, 0.6) is 0 Å². The molecule has 0 saturated carbocycles. The number of aromatic nitrogens is 2. The fourth-order valence-corrected chi connectivity index (χ4v) is 3.18. The zero-order valence-electron chi connectivity index (χ0n) is 11.6. The number of nitrogens with one attached hydrogen (secondary N) is 1. The lowest BCUT2D eigenvalue weighted by Gasteiger charge is -2.05. The van der Waals surface area contributed by atoms with Crippen LogP contribution < -0.4 is 5.32 Å². The van der Waals surface area contributed by atoms with E-state index in [1.165, 1.54) is 4.90 Å². The smallest absolute Gasteiger partial charge is 0.142 e. The highest BCUT2D eigenvalue weighted by atomic mass is 32.2. The molecule has 0 aliphatic carbocycles. The molecule has 0 spiro atoms. The summed E-state index contributed by atoms with van der Waals surface area (Å²) < 4.78 is 0. The van der Waals surface area contributed by atoms with Crippen LogP contribution in [0.4, 0.5) is 5.69 Å². The van der Waals surface area contributed by atoms with Gasteiger partial charge in [-0.15, -0.1) is 23.1 Å². The molecule has 0 amide bonds. The van der Waals surface area contributed by atoms with Crippen LogP contribution >= 0.6 is 23.1 Å². The van der Waals surface area contributed by atoms with Crippen LogP contribution in [0, 0.1) is 0 Å². The molecule has 3 nitrogen and oxygen atoms in total. The van der Waals surface area contributed by atoms with E-state index in [1.54, 1.807) is 29.3 Å². The summed E-state index contributed by atoms with van der Waals surface area (Å²) in [7, 11) is 0. The minimum Gasteiger partial charge on any atom is -0.379 e. The molecule has 0 atom stereocenters. The quantitative estimate of drug-likeness (QED) is 0.702. The number of thiazole rings is 1. The van der Waals surface area contributed by atoms with Crippen molar-refractivity contribution in [1.82, 2.24) is 9.97 Å². The summed E-state index contributed by atoms with van der Waals surface area (Å²) in [4.78, 5) is 10.2. The van der Waals surface area contributed by atoms with Gasteiger partial charge in [-0.2, -0.15) is 0 Å². The second-order valence-corrected chi connectivity index (χ2v) is 6.18. The van der Waals surface area contributed by atoms with Crippen molar-refractivity contribution in [1.29, 1.82) is 0 Å². The first-order valence-electron chi connectivity index (χ1n) is 6.59. The summed E-state index contributed by atoms with van der Waals surface area (Å²) in [6.07, 6.45) is 3.88. The van der Waals surface area contributed by atoms with Crippen molar-refractivity contribution in [2.24, 2.45) is 0 Å². The van der Waals surface area contributed by atoms with Gasteiger partial charge in [-0.25, -0.2) is 4.98 Å². The first kappa shape index (κ1) is 14.1. The Morgan fingerprint density at radius 1 is 1.19 bits per heavy atom. The molecular formula is C16H15N3S2. The lowest BCUT2D eigenvalue weighted by Crippen LogP contribution is -1.99. The Balaban J connectivity index is 1.67. The first-order valence-corrected chi connectivity index (χ1v) is 8.69. The second kappa shape index (κ2) is 6.74. The SMILES string of the molecule is CSc1cccc(NCc2csc(-c3ccccn3)n2)c1. The summed E-state index contributed by atoms with van der Waals surface area (Å²) in [6.45, 7) is 0.723. The van der Waals surface area contributed by atoms with E-state index in [9.17, 15) is 0 Å². The Morgan fingerprint density at radius 3 is 2.95 bits per heavy atom. The third-order valence-corrected chi connectivity index (χ3v) is 4.62. The van der Waals surface area contributed by atoms with Gasteiger partial charge in [0.1, 0.15) is 5.01 Å². The Hall–Kier alpha value is -1.85. The lowest BCUT2D eigenvalue weighted by molar-refractivity contribution is 1.07. The molecule has 0 saturated heterocycles. The third kappa shape index (κ3) is 3.62. The molecule has 2 heterocycles. The number of nitrogens with zero attached hydrogens (tertiary/aromatic N) is 2. The van der Waals surface area contributed by atoms with Gasteiger partial charge >= 0.3 is 0 Å². The van der Waals surface area contributed by atoms with Crippen molar-refractivity contribution < 1.29 is 0 Å². The van der Waals surface area contributed by atoms with E-state index in [4.69, 9.17) is 0 Å². The van der Waals surface area contributed by atoms with Crippen molar-refractivity contribution in [3.8, 4) is 10.7 Å². The summed E-state index contributed by atoms with van der Waals surface area (Å²) in [5.74, 6) is 0. The largest absolute Gasteiger partial charge is 0.379 e. The highest BCUT2D eigenvalue weighted by Crippen LogP contribution is 2.23. The van der Waals surface area contributed by atoms with Gasteiger partial charge in [-0.1, -0.05) is 12.1 Å². The Kier molecular flexibility index (Phi) is 4.52. The van der Waals surface area contributed by atoms with Crippen LogP contribution in [0.25, 0.3) is 10.7 Å². The molecule has 0 aliphatic rings. The van der Waals surface area contributed by atoms with E-state index < -0.39 is 0 Å².